The molecule has 2 saturated carbocycles. The first-order valence-electron chi connectivity index (χ1n) is 31.9. The summed E-state index contributed by atoms with van der Waals surface area (Å²) in [6, 6.07) is 14.4. The van der Waals surface area contributed by atoms with E-state index >= 15 is 0 Å². The highest BCUT2D eigenvalue weighted by atomic mass is 35.5. The summed E-state index contributed by atoms with van der Waals surface area (Å²) in [6.45, 7) is 35.5. The number of carbonyl (C=O) groups excluding carboxylic acids is 2. The number of ether oxygens (including phenoxy) is 8. The molecule has 26 heteroatoms. The minimum atomic E-state index is -1.18. The molecule has 3 fully saturated rings. The molecule has 6 aromatic rings. The zero-order chi connectivity index (χ0) is 67.2. The fourth-order valence-corrected chi connectivity index (χ4v) is 11.3. The maximum Gasteiger partial charge on any atom is 0.496 e. The fraction of sp³-hybridized carbons (Fsp3) is 0.606. The number of rotatable bonds is 26. The van der Waals surface area contributed by atoms with Gasteiger partial charge < -0.3 is 47.2 Å². The molecule has 2 aliphatic carbocycles. The lowest BCUT2D eigenvalue weighted by Crippen LogP contribution is -2.41. The van der Waals surface area contributed by atoms with Crippen molar-refractivity contribution >= 4 is 52.3 Å². The third kappa shape index (κ3) is 21.1. The first-order chi connectivity index (χ1) is 43.2. The van der Waals surface area contributed by atoms with Crippen LogP contribution in [0.3, 0.4) is 0 Å². The maximum absolute atomic E-state index is 11.9. The Hall–Kier alpha value is -6.35. The molecule has 0 bridgehead atoms. The number of esters is 2. The average Bonchev–Trinajstić information content (AvgIpc) is 1.62. The largest absolute Gasteiger partial charge is 0.496 e. The van der Waals surface area contributed by atoms with E-state index in [4.69, 9.17) is 68.9 Å². The van der Waals surface area contributed by atoms with Crippen LogP contribution in [0.5, 0.6) is 23.8 Å². The summed E-state index contributed by atoms with van der Waals surface area (Å²) in [5, 5.41) is 9.73. The van der Waals surface area contributed by atoms with Gasteiger partial charge in [0.1, 0.15) is 44.0 Å². The molecule has 1 aliphatic heterocycles. The summed E-state index contributed by atoms with van der Waals surface area (Å²) in [7, 11) is -0.0192. The summed E-state index contributed by atoms with van der Waals surface area (Å²) in [5.74, 6) is 1.37. The second-order valence-corrected chi connectivity index (χ2v) is 40.2. The van der Waals surface area contributed by atoms with Crippen LogP contribution in [-0.2, 0) is 51.3 Å². The number of carbonyl (C=O) groups is 2. The van der Waals surface area contributed by atoms with Gasteiger partial charge in [-0.2, -0.15) is 19.3 Å². The van der Waals surface area contributed by atoms with Crippen LogP contribution in [0.2, 0.25) is 56.5 Å². The Bertz CT molecular complexity index is 3350. The first kappa shape index (κ1) is 73.1. The Balaban J connectivity index is 0.000000205. The summed E-state index contributed by atoms with van der Waals surface area (Å²) < 4.78 is 60.8. The van der Waals surface area contributed by atoms with E-state index in [2.05, 4.69) is 69.3 Å². The SMILES string of the molecule is COC(=O)C(C)(C)COc1cc(C)c(-c2ccc(-c3nc(OC4CCCC4)n(COCC[Si](C)(C)C)n3)cn2)cn1.COC(=O)C(C)(C)COc1cc(C)c(B2OC(C)(C)C(C)(C)O2)cn1.C[Si](C)(C)CCOCn1nc(-c2ccc(Cl)nc2)nc1OC1CCCC1. The highest BCUT2D eigenvalue weighted by Gasteiger charge is 2.52. The smallest absolute Gasteiger partial charge is 0.476 e. The monoisotopic (exact) mass is 1320 g/mol. The number of nitrogens with zero attached hydrogens (tertiary/aromatic N) is 10. The van der Waals surface area contributed by atoms with Gasteiger partial charge in [-0.05, 0) is 168 Å². The van der Waals surface area contributed by atoms with Crippen LogP contribution >= 0.6 is 11.6 Å². The standard InChI is InChI=1S/C30H43N5O5Si.C18H28BNO5.C18H27ClN4O2Si/c1-21-16-26(39-19-30(2,3)28(36)37-4)32-18-24(21)25-13-12-22(17-31-25)27-33-29(40-23-10-8-9-11-23)35(34-27)20-38-14-15-41(5,6)7;1-12-9-14(23-11-16(2,3)15(21)22-8)20-10-13(12)19-24-17(4,5)18(6,7)25-19;1-26(2,3)11-10-24-13-23-18(25-15-6-4-5-7-15)21-17(22-23)14-8-9-16(19)20-12-14/h12-13,16-18,23H,8-11,14-15,19-20H2,1-7H3;9-10H,11H2,1-8H3;8-9,12,15H,4-7,10-11,13H2,1-3H3. The normalized spacial score (nSPS) is 15.9. The van der Waals surface area contributed by atoms with Crippen LogP contribution in [0, 0.1) is 24.7 Å². The molecule has 502 valence electrons. The number of methoxy groups -OCH3 is 2. The van der Waals surface area contributed by atoms with E-state index in [-0.39, 0.29) is 37.4 Å². The minimum Gasteiger partial charge on any atom is -0.476 e. The van der Waals surface area contributed by atoms with E-state index < -0.39 is 45.3 Å². The second-order valence-electron chi connectivity index (χ2n) is 28.6. The molecule has 0 unspecified atom stereocenters. The molecular formula is C66H98BClN10O12Si2. The molecule has 0 N–H and O–H groups in total. The molecule has 92 heavy (non-hydrogen) atoms. The van der Waals surface area contributed by atoms with Gasteiger partial charge in [0.15, 0.2) is 11.6 Å². The zero-order valence-electron chi connectivity index (χ0n) is 57.6. The summed E-state index contributed by atoms with van der Waals surface area (Å²) in [5.41, 5.74) is 3.74. The number of aryl methyl sites for hydroxylation is 2. The predicted octanol–water partition coefficient (Wildman–Crippen LogP) is 12.8. The van der Waals surface area contributed by atoms with Gasteiger partial charge in [0.2, 0.25) is 11.8 Å². The number of pyridine rings is 4. The van der Waals surface area contributed by atoms with Crippen LogP contribution in [0.25, 0.3) is 34.0 Å². The van der Waals surface area contributed by atoms with Crippen LogP contribution in [0.1, 0.15) is 118 Å². The molecule has 3 aliphatic rings. The third-order valence-corrected chi connectivity index (χ3v) is 20.1. The van der Waals surface area contributed by atoms with Crippen molar-refractivity contribution in [2.75, 3.05) is 40.6 Å². The van der Waals surface area contributed by atoms with Gasteiger partial charge in [-0.25, -0.2) is 15.0 Å². The van der Waals surface area contributed by atoms with E-state index in [1.54, 1.807) is 67.9 Å². The topological polar surface area (TPSA) is 239 Å². The molecule has 0 aromatic carbocycles. The van der Waals surface area contributed by atoms with E-state index in [0.29, 0.717) is 60.7 Å². The van der Waals surface area contributed by atoms with Gasteiger partial charge in [0, 0.05) is 88.4 Å². The molecular weight excluding hydrogens is 1230 g/mol. The van der Waals surface area contributed by atoms with Gasteiger partial charge in [-0.1, -0.05) is 50.9 Å². The Morgan fingerprint density at radius 2 is 1.05 bits per heavy atom. The maximum atomic E-state index is 11.9. The highest BCUT2D eigenvalue weighted by molar-refractivity contribution is 6.76. The molecule has 0 spiro atoms. The molecule has 0 atom stereocenters. The fourth-order valence-electron chi connectivity index (χ4n) is 9.70. The first-order valence-corrected chi connectivity index (χ1v) is 39.7. The van der Waals surface area contributed by atoms with Gasteiger partial charge in [-0.3, -0.25) is 14.6 Å². The average molecular weight is 1330 g/mol. The molecule has 0 amide bonds. The van der Waals surface area contributed by atoms with E-state index in [0.717, 1.165) is 83.4 Å². The molecule has 22 nitrogen and oxygen atoms in total. The Kier molecular flexibility index (Phi) is 25.2. The lowest BCUT2D eigenvalue weighted by Gasteiger charge is -2.32. The van der Waals surface area contributed by atoms with Gasteiger partial charge in [0.05, 0.1) is 41.9 Å². The Labute approximate surface area is 551 Å². The van der Waals surface area contributed by atoms with E-state index in [1.165, 1.54) is 39.9 Å². The molecule has 0 radical (unpaired) electrons. The second kappa shape index (κ2) is 31.7. The minimum absolute atomic E-state index is 0.161. The van der Waals surface area contributed by atoms with Crippen molar-refractivity contribution in [2.24, 2.45) is 10.8 Å². The van der Waals surface area contributed by atoms with Gasteiger partial charge in [-0.15, -0.1) is 10.2 Å². The van der Waals surface area contributed by atoms with Crippen molar-refractivity contribution in [3.05, 3.63) is 77.5 Å². The van der Waals surface area contributed by atoms with Crippen molar-refractivity contribution < 1.29 is 56.8 Å². The van der Waals surface area contributed by atoms with Crippen molar-refractivity contribution in [2.45, 2.75) is 209 Å². The van der Waals surface area contributed by atoms with Crippen LogP contribution in [0.4, 0.5) is 0 Å². The molecule has 7 heterocycles. The number of hydrogen-bond acceptors (Lipinski definition) is 20. The Morgan fingerprint density at radius 3 is 1.45 bits per heavy atom. The van der Waals surface area contributed by atoms with E-state index in [9.17, 15) is 9.59 Å². The molecule has 1 saturated heterocycles. The predicted molar refractivity (Wildman–Crippen MR) is 361 cm³/mol. The van der Waals surface area contributed by atoms with E-state index in [1.807, 2.05) is 71.9 Å². The summed E-state index contributed by atoms with van der Waals surface area (Å²) >= 11 is 5.87. The third-order valence-electron chi connectivity index (χ3n) is 16.5. The van der Waals surface area contributed by atoms with Crippen molar-refractivity contribution in [1.82, 2.24) is 49.5 Å². The zero-order valence-corrected chi connectivity index (χ0v) is 60.3. The number of halogens is 1. The van der Waals surface area contributed by atoms with Crippen LogP contribution in [0.15, 0.2) is 61.2 Å². The van der Waals surface area contributed by atoms with Crippen LogP contribution < -0.4 is 24.4 Å². The lowest BCUT2D eigenvalue weighted by atomic mass is 9.77. The lowest BCUT2D eigenvalue weighted by molar-refractivity contribution is -0.153. The molecule has 9 rings (SSSR count). The quantitative estimate of drug-likeness (QED) is 0.0212. The number of hydrogen-bond donors (Lipinski definition) is 0. The van der Waals surface area contributed by atoms with Crippen LogP contribution in [-0.4, -0.2) is 149 Å². The van der Waals surface area contributed by atoms with Crippen molar-refractivity contribution in [3.63, 3.8) is 0 Å². The number of aromatic nitrogens is 10. The molecule has 6 aromatic heterocycles. The summed E-state index contributed by atoms with van der Waals surface area (Å²) in [6.07, 6.45) is 16.3. The van der Waals surface area contributed by atoms with Gasteiger partial charge >= 0.3 is 31.1 Å². The highest BCUT2D eigenvalue weighted by Crippen LogP contribution is 2.37. The van der Waals surface area contributed by atoms with Crippen molar-refractivity contribution in [3.8, 4) is 57.8 Å². The van der Waals surface area contributed by atoms with Gasteiger partial charge in [0.25, 0.3) is 0 Å². The Morgan fingerprint density at radius 1 is 0.620 bits per heavy atom. The van der Waals surface area contributed by atoms with Crippen molar-refractivity contribution in [1.29, 1.82) is 0 Å². The summed E-state index contributed by atoms with van der Waals surface area (Å²) in [4.78, 5) is 50.5.